The van der Waals surface area contributed by atoms with Gasteiger partial charge in [0, 0.05) is 0 Å². The first kappa shape index (κ1) is 15.9. The van der Waals surface area contributed by atoms with Crippen molar-refractivity contribution < 1.29 is 4.74 Å². The fourth-order valence-corrected chi connectivity index (χ4v) is 2.11. The van der Waals surface area contributed by atoms with Crippen molar-refractivity contribution in [2.75, 3.05) is 5.73 Å². The molecular formula is C15H29N3O. The standard InChI is InChI=1S/C15H29N3O/c1-6-7-8-9-10-12(4)19-15-14(16)13(5)17-18(15)11(2)3/h11-12H,6-10,16H2,1-5H3. The van der Waals surface area contributed by atoms with Gasteiger partial charge in [-0.1, -0.05) is 26.2 Å². The molecule has 4 heteroatoms. The predicted molar refractivity (Wildman–Crippen MR) is 80.6 cm³/mol. The third kappa shape index (κ3) is 4.44. The van der Waals surface area contributed by atoms with Crippen LogP contribution in [0.4, 0.5) is 5.69 Å². The van der Waals surface area contributed by atoms with Crippen LogP contribution in [-0.4, -0.2) is 15.9 Å². The van der Waals surface area contributed by atoms with Crippen molar-refractivity contribution in [1.29, 1.82) is 0 Å². The number of aryl methyl sites for hydroxylation is 1. The van der Waals surface area contributed by atoms with E-state index in [2.05, 4.69) is 32.8 Å². The van der Waals surface area contributed by atoms with Crippen LogP contribution in [-0.2, 0) is 0 Å². The van der Waals surface area contributed by atoms with Gasteiger partial charge in [-0.25, -0.2) is 4.68 Å². The first-order valence-electron chi connectivity index (χ1n) is 7.48. The Morgan fingerprint density at radius 2 is 1.89 bits per heavy atom. The molecule has 0 bridgehead atoms. The summed E-state index contributed by atoms with van der Waals surface area (Å²) in [6.07, 6.45) is 6.32. The zero-order valence-corrected chi connectivity index (χ0v) is 13.1. The molecule has 0 spiro atoms. The molecule has 110 valence electrons. The van der Waals surface area contributed by atoms with Crippen LogP contribution >= 0.6 is 0 Å². The molecule has 1 atom stereocenters. The summed E-state index contributed by atoms with van der Waals surface area (Å²) in [7, 11) is 0. The molecule has 0 amide bonds. The van der Waals surface area contributed by atoms with Crippen molar-refractivity contribution in [3.63, 3.8) is 0 Å². The van der Waals surface area contributed by atoms with Gasteiger partial charge in [-0.3, -0.25) is 0 Å². The van der Waals surface area contributed by atoms with Gasteiger partial charge in [-0.15, -0.1) is 0 Å². The van der Waals surface area contributed by atoms with Crippen LogP contribution < -0.4 is 10.5 Å². The molecule has 0 aromatic carbocycles. The Labute approximate surface area is 117 Å². The van der Waals surface area contributed by atoms with Crippen molar-refractivity contribution in [3.8, 4) is 5.88 Å². The van der Waals surface area contributed by atoms with Crippen LogP contribution in [0.2, 0.25) is 0 Å². The Kier molecular flexibility index (Phi) is 6.19. The highest BCUT2D eigenvalue weighted by molar-refractivity contribution is 5.52. The number of unbranched alkanes of at least 4 members (excludes halogenated alkanes) is 3. The second-order valence-corrected chi connectivity index (χ2v) is 5.62. The van der Waals surface area contributed by atoms with Crippen molar-refractivity contribution in [1.82, 2.24) is 9.78 Å². The van der Waals surface area contributed by atoms with Crippen LogP contribution in [0.5, 0.6) is 5.88 Å². The Hall–Kier alpha value is -1.19. The maximum Gasteiger partial charge on any atom is 0.236 e. The fourth-order valence-electron chi connectivity index (χ4n) is 2.11. The minimum Gasteiger partial charge on any atom is -0.473 e. The number of rotatable bonds is 8. The number of aromatic nitrogens is 2. The summed E-state index contributed by atoms with van der Waals surface area (Å²) in [4.78, 5) is 0. The Balaban J connectivity index is 2.60. The minimum atomic E-state index is 0.188. The molecule has 0 radical (unpaired) electrons. The van der Waals surface area contributed by atoms with Gasteiger partial charge in [0.15, 0.2) is 0 Å². The first-order valence-corrected chi connectivity index (χ1v) is 7.48. The molecule has 1 aromatic rings. The van der Waals surface area contributed by atoms with E-state index < -0.39 is 0 Å². The van der Waals surface area contributed by atoms with E-state index in [0.717, 1.165) is 18.0 Å². The molecule has 0 saturated carbocycles. The monoisotopic (exact) mass is 267 g/mol. The number of hydrogen-bond donors (Lipinski definition) is 1. The van der Waals surface area contributed by atoms with Gasteiger partial charge >= 0.3 is 0 Å². The van der Waals surface area contributed by atoms with Crippen LogP contribution in [0.15, 0.2) is 0 Å². The van der Waals surface area contributed by atoms with Crippen molar-refractivity contribution in [2.45, 2.75) is 78.9 Å². The summed E-state index contributed by atoms with van der Waals surface area (Å²) in [6.45, 7) is 10.4. The Morgan fingerprint density at radius 3 is 2.47 bits per heavy atom. The molecule has 0 saturated heterocycles. The van der Waals surface area contributed by atoms with E-state index in [4.69, 9.17) is 10.5 Å². The maximum atomic E-state index is 6.06. The SMILES string of the molecule is CCCCCCC(C)Oc1c(N)c(C)nn1C(C)C. The summed E-state index contributed by atoms with van der Waals surface area (Å²) in [5.74, 6) is 0.732. The quantitative estimate of drug-likeness (QED) is 0.722. The van der Waals surface area contributed by atoms with Crippen LogP contribution in [0.3, 0.4) is 0 Å². The topological polar surface area (TPSA) is 53.1 Å². The van der Waals surface area contributed by atoms with E-state index in [1.54, 1.807) is 0 Å². The van der Waals surface area contributed by atoms with Crippen LogP contribution in [0.1, 0.15) is 71.5 Å². The van der Waals surface area contributed by atoms with Crippen molar-refractivity contribution in [3.05, 3.63) is 5.69 Å². The average molecular weight is 267 g/mol. The summed E-state index contributed by atoms with van der Waals surface area (Å²) < 4.78 is 7.90. The molecule has 1 heterocycles. The molecule has 0 fully saturated rings. The summed E-state index contributed by atoms with van der Waals surface area (Å²) in [5, 5.41) is 4.44. The fraction of sp³-hybridized carbons (Fsp3) is 0.800. The lowest BCUT2D eigenvalue weighted by Crippen LogP contribution is -2.16. The number of hydrogen-bond acceptors (Lipinski definition) is 3. The van der Waals surface area contributed by atoms with Gasteiger partial charge < -0.3 is 10.5 Å². The Bertz CT molecular complexity index is 385. The van der Waals surface area contributed by atoms with Crippen molar-refractivity contribution in [2.24, 2.45) is 0 Å². The van der Waals surface area contributed by atoms with E-state index in [0.29, 0.717) is 5.69 Å². The lowest BCUT2D eigenvalue weighted by Gasteiger charge is -2.17. The van der Waals surface area contributed by atoms with E-state index in [1.807, 2.05) is 11.6 Å². The van der Waals surface area contributed by atoms with Gasteiger partial charge in [0.05, 0.1) is 17.8 Å². The highest BCUT2D eigenvalue weighted by Crippen LogP contribution is 2.29. The van der Waals surface area contributed by atoms with Gasteiger partial charge in [-0.2, -0.15) is 5.10 Å². The van der Waals surface area contributed by atoms with Gasteiger partial charge in [-0.05, 0) is 40.5 Å². The maximum absolute atomic E-state index is 6.06. The number of ether oxygens (including phenoxy) is 1. The number of anilines is 1. The van der Waals surface area contributed by atoms with Crippen molar-refractivity contribution >= 4 is 5.69 Å². The molecule has 0 aliphatic rings. The zero-order valence-electron chi connectivity index (χ0n) is 13.1. The minimum absolute atomic E-state index is 0.188. The molecule has 1 rings (SSSR count). The lowest BCUT2D eigenvalue weighted by molar-refractivity contribution is 0.184. The van der Waals surface area contributed by atoms with E-state index in [-0.39, 0.29) is 12.1 Å². The number of nitrogens with zero attached hydrogens (tertiary/aromatic N) is 2. The molecule has 0 aliphatic heterocycles. The van der Waals surface area contributed by atoms with Crippen LogP contribution in [0.25, 0.3) is 0 Å². The lowest BCUT2D eigenvalue weighted by atomic mass is 10.1. The van der Waals surface area contributed by atoms with E-state index in [1.165, 1.54) is 25.7 Å². The van der Waals surface area contributed by atoms with Gasteiger partial charge in [0.2, 0.25) is 5.88 Å². The summed E-state index contributed by atoms with van der Waals surface area (Å²) >= 11 is 0. The molecular weight excluding hydrogens is 238 g/mol. The highest BCUT2D eigenvalue weighted by Gasteiger charge is 2.18. The van der Waals surface area contributed by atoms with Crippen LogP contribution in [0, 0.1) is 6.92 Å². The normalized spacial score (nSPS) is 12.9. The van der Waals surface area contributed by atoms with Gasteiger partial charge in [0.1, 0.15) is 5.69 Å². The van der Waals surface area contributed by atoms with E-state index in [9.17, 15) is 0 Å². The molecule has 1 aromatic heterocycles. The third-order valence-electron chi connectivity index (χ3n) is 3.35. The van der Waals surface area contributed by atoms with E-state index >= 15 is 0 Å². The number of nitrogen functional groups attached to an aromatic ring is 1. The molecule has 1 unspecified atom stereocenters. The summed E-state index contributed by atoms with van der Waals surface area (Å²) in [5.41, 5.74) is 7.58. The number of nitrogens with two attached hydrogens (primary N) is 1. The first-order chi connectivity index (χ1) is 8.97. The largest absolute Gasteiger partial charge is 0.473 e. The molecule has 4 nitrogen and oxygen atoms in total. The molecule has 0 aliphatic carbocycles. The zero-order chi connectivity index (χ0) is 14.4. The average Bonchev–Trinajstić information content (AvgIpc) is 2.63. The second-order valence-electron chi connectivity index (χ2n) is 5.62. The van der Waals surface area contributed by atoms with Gasteiger partial charge in [0.25, 0.3) is 0 Å². The molecule has 19 heavy (non-hydrogen) atoms. The predicted octanol–water partition coefficient (Wildman–Crippen LogP) is 4.09. The highest BCUT2D eigenvalue weighted by atomic mass is 16.5. The smallest absolute Gasteiger partial charge is 0.236 e. The third-order valence-corrected chi connectivity index (χ3v) is 3.35. The summed E-state index contributed by atoms with van der Waals surface area (Å²) in [6, 6.07) is 0.262. The molecule has 2 N–H and O–H groups in total. The Morgan fingerprint density at radius 1 is 1.21 bits per heavy atom. The second kappa shape index (κ2) is 7.41.